The predicted molar refractivity (Wildman–Crippen MR) is 60.7 cm³/mol. The molecular formula is C12H19NO2. The molecule has 2 N–H and O–H groups in total. The summed E-state index contributed by atoms with van der Waals surface area (Å²) in [5.74, 6) is 0. The molecule has 15 heavy (non-hydrogen) atoms. The van der Waals surface area contributed by atoms with Crippen molar-refractivity contribution in [2.75, 3.05) is 20.3 Å². The Hall–Kier alpha value is -0.900. The van der Waals surface area contributed by atoms with E-state index >= 15 is 0 Å². The van der Waals surface area contributed by atoms with Crippen LogP contribution in [0.5, 0.6) is 0 Å². The largest absolute Gasteiger partial charge is 0.394 e. The van der Waals surface area contributed by atoms with E-state index in [4.69, 9.17) is 4.74 Å². The minimum atomic E-state index is -0.0173. The van der Waals surface area contributed by atoms with Gasteiger partial charge in [-0.15, -0.1) is 0 Å². The van der Waals surface area contributed by atoms with Gasteiger partial charge in [0.2, 0.25) is 0 Å². The Morgan fingerprint density at radius 2 is 2.00 bits per heavy atom. The second-order valence-electron chi connectivity index (χ2n) is 3.67. The van der Waals surface area contributed by atoms with Crippen LogP contribution in [0.25, 0.3) is 0 Å². The zero-order valence-corrected chi connectivity index (χ0v) is 9.31. The van der Waals surface area contributed by atoms with Crippen molar-refractivity contribution in [3.05, 3.63) is 35.9 Å². The Morgan fingerprint density at radius 1 is 1.33 bits per heavy atom. The third kappa shape index (κ3) is 4.00. The molecule has 0 radical (unpaired) electrons. The molecule has 3 heteroatoms. The van der Waals surface area contributed by atoms with Crippen molar-refractivity contribution in [3.63, 3.8) is 0 Å². The molecule has 1 aromatic carbocycles. The third-order valence-corrected chi connectivity index (χ3v) is 2.29. The van der Waals surface area contributed by atoms with Crippen molar-refractivity contribution in [2.45, 2.75) is 19.0 Å². The van der Waals surface area contributed by atoms with Crippen molar-refractivity contribution >= 4 is 0 Å². The Balaban J connectivity index is 2.56. The highest BCUT2D eigenvalue weighted by atomic mass is 16.5. The summed E-state index contributed by atoms with van der Waals surface area (Å²) >= 11 is 0. The summed E-state index contributed by atoms with van der Waals surface area (Å²) in [7, 11) is 1.68. The highest BCUT2D eigenvalue weighted by molar-refractivity contribution is 5.18. The van der Waals surface area contributed by atoms with Crippen LogP contribution in [0.2, 0.25) is 0 Å². The van der Waals surface area contributed by atoms with Gasteiger partial charge in [0.05, 0.1) is 19.3 Å². The van der Waals surface area contributed by atoms with E-state index in [1.807, 2.05) is 37.3 Å². The molecule has 0 bridgehead atoms. The van der Waals surface area contributed by atoms with Crippen LogP contribution < -0.4 is 5.32 Å². The molecule has 0 unspecified atom stereocenters. The van der Waals surface area contributed by atoms with E-state index in [2.05, 4.69) is 5.32 Å². The van der Waals surface area contributed by atoms with Crippen LogP contribution in [0.4, 0.5) is 0 Å². The second kappa shape index (κ2) is 6.56. The van der Waals surface area contributed by atoms with E-state index in [0.717, 1.165) is 5.56 Å². The minimum Gasteiger partial charge on any atom is -0.394 e. The van der Waals surface area contributed by atoms with Crippen LogP contribution in [-0.2, 0) is 4.74 Å². The summed E-state index contributed by atoms with van der Waals surface area (Å²) in [5, 5.41) is 12.6. The number of nitrogens with one attached hydrogen (secondary N) is 1. The van der Waals surface area contributed by atoms with Gasteiger partial charge < -0.3 is 15.2 Å². The van der Waals surface area contributed by atoms with Crippen molar-refractivity contribution in [2.24, 2.45) is 0 Å². The van der Waals surface area contributed by atoms with Gasteiger partial charge in [-0.3, -0.25) is 0 Å². The molecule has 0 aliphatic carbocycles. The molecule has 1 aromatic rings. The van der Waals surface area contributed by atoms with Crippen molar-refractivity contribution in [1.29, 1.82) is 0 Å². The van der Waals surface area contributed by atoms with Gasteiger partial charge in [0.1, 0.15) is 0 Å². The number of hydrogen-bond acceptors (Lipinski definition) is 3. The smallest absolute Gasteiger partial charge is 0.0626 e. The van der Waals surface area contributed by atoms with E-state index in [9.17, 15) is 5.11 Å². The number of rotatable bonds is 6. The monoisotopic (exact) mass is 209 g/mol. The lowest BCUT2D eigenvalue weighted by molar-refractivity contribution is 0.154. The van der Waals surface area contributed by atoms with Crippen molar-refractivity contribution in [3.8, 4) is 0 Å². The Morgan fingerprint density at radius 3 is 2.53 bits per heavy atom. The Bertz CT molecular complexity index is 264. The lowest BCUT2D eigenvalue weighted by Gasteiger charge is -2.21. The molecule has 0 amide bonds. The van der Waals surface area contributed by atoms with Gasteiger partial charge in [-0.1, -0.05) is 30.3 Å². The first-order chi connectivity index (χ1) is 7.27. The maximum Gasteiger partial charge on any atom is 0.0626 e. The van der Waals surface area contributed by atoms with Crippen LogP contribution >= 0.6 is 0 Å². The number of hydrogen-bond donors (Lipinski definition) is 2. The second-order valence-corrected chi connectivity index (χ2v) is 3.67. The average molecular weight is 209 g/mol. The number of aliphatic hydroxyl groups excluding tert-OH is 1. The first-order valence-corrected chi connectivity index (χ1v) is 5.18. The third-order valence-electron chi connectivity index (χ3n) is 2.29. The van der Waals surface area contributed by atoms with Gasteiger partial charge in [0, 0.05) is 13.2 Å². The Labute approximate surface area is 91.1 Å². The van der Waals surface area contributed by atoms with Crippen molar-refractivity contribution in [1.82, 2.24) is 5.32 Å². The topological polar surface area (TPSA) is 41.5 Å². The maximum absolute atomic E-state index is 9.29. The highest BCUT2D eigenvalue weighted by Crippen LogP contribution is 2.12. The fraction of sp³-hybridized carbons (Fsp3) is 0.500. The standard InChI is InChI=1S/C12H19NO2/c1-10(9-15-2)13-12(8-14)11-6-4-3-5-7-11/h3-7,10,12-14H,8-9H2,1-2H3/t10-,12+/m1/s1. The summed E-state index contributed by atoms with van der Waals surface area (Å²) in [6.45, 7) is 2.77. The number of benzene rings is 1. The van der Waals surface area contributed by atoms with Crippen LogP contribution in [-0.4, -0.2) is 31.5 Å². The van der Waals surface area contributed by atoms with Crippen LogP contribution in [0.1, 0.15) is 18.5 Å². The molecule has 84 valence electrons. The molecule has 0 saturated heterocycles. The first kappa shape index (κ1) is 12.2. The highest BCUT2D eigenvalue weighted by Gasteiger charge is 2.12. The minimum absolute atomic E-state index is 0.0173. The molecule has 0 aromatic heterocycles. The molecule has 2 atom stereocenters. The molecule has 0 saturated carbocycles. The molecule has 0 fully saturated rings. The van der Waals surface area contributed by atoms with E-state index in [-0.39, 0.29) is 18.7 Å². The molecule has 1 rings (SSSR count). The van der Waals surface area contributed by atoms with Gasteiger partial charge in [0.15, 0.2) is 0 Å². The van der Waals surface area contributed by atoms with Crippen LogP contribution in [0.15, 0.2) is 30.3 Å². The predicted octanol–water partition coefficient (Wildman–Crippen LogP) is 1.34. The SMILES string of the molecule is COC[C@@H](C)N[C@@H](CO)c1ccccc1. The van der Waals surface area contributed by atoms with Gasteiger partial charge in [-0.2, -0.15) is 0 Å². The molecule has 0 heterocycles. The summed E-state index contributed by atoms with van der Waals surface area (Å²) in [4.78, 5) is 0. The van der Waals surface area contributed by atoms with E-state index in [0.29, 0.717) is 6.61 Å². The quantitative estimate of drug-likeness (QED) is 0.743. The molecule has 3 nitrogen and oxygen atoms in total. The number of methoxy groups -OCH3 is 1. The zero-order chi connectivity index (χ0) is 11.1. The zero-order valence-electron chi connectivity index (χ0n) is 9.31. The molecule has 0 aliphatic heterocycles. The van der Waals surface area contributed by atoms with E-state index in [1.165, 1.54) is 0 Å². The molecular weight excluding hydrogens is 190 g/mol. The van der Waals surface area contributed by atoms with Crippen LogP contribution in [0.3, 0.4) is 0 Å². The summed E-state index contributed by atoms with van der Waals surface area (Å²) < 4.78 is 5.04. The average Bonchev–Trinajstić information content (AvgIpc) is 2.27. The van der Waals surface area contributed by atoms with E-state index in [1.54, 1.807) is 7.11 Å². The fourth-order valence-electron chi connectivity index (χ4n) is 1.58. The summed E-state index contributed by atoms with van der Waals surface area (Å²) in [5.41, 5.74) is 1.10. The van der Waals surface area contributed by atoms with Gasteiger partial charge in [0.25, 0.3) is 0 Å². The summed E-state index contributed by atoms with van der Waals surface area (Å²) in [6.07, 6.45) is 0. The van der Waals surface area contributed by atoms with Crippen molar-refractivity contribution < 1.29 is 9.84 Å². The number of ether oxygens (including phenoxy) is 1. The van der Waals surface area contributed by atoms with E-state index < -0.39 is 0 Å². The normalized spacial score (nSPS) is 14.9. The molecule has 0 aliphatic rings. The molecule has 0 spiro atoms. The Kier molecular flexibility index (Phi) is 5.32. The van der Waals surface area contributed by atoms with Crippen LogP contribution in [0, 0.1) is 0 Å². The first-order valence-electron chi connectivity index (χ1n) is 5.18. The fourth-order valence-corrected chi connectivity index (χ4v) is 1.58. The van der Waals surface area contributed by atoms with Gasteiger partial charge in [-0.05, 0) is 12.5 Å². The lowest BCUT2D eigenvalue weighted by Crippen LogP contribution is -2.35. The van der Waals surface area contributed by atoms with Gasteiger partial charge >= 0.3 is 0 Å². The van der Waals surface area contributed by atoms with Gasteiger partial charge in [-0.25, -0.2) is 0 Å². The maximum atomic E-state index is 9.29. The summed E-state index contributed by atoms with van der Waals surface area (Å²) in [6, 6.07) is 10.1. The lowest BCUT2D eigenvalue weighted by atomic mass is 10.1. The number of aliphatic hydroxyl groups is 1.